The highest BCUT2D eigenvalue weighted by Gasteiger charge is 2.12. The Balaban J connectivity index is 2.92. The molecule has 0 unspecified atom stereocenters. The predicted octanol–water partition coefficient (Wildman–Crippen LogP) is -0.507. The van der Waals surface area contributed by atoms with Crippen LogP contribution in [-0.2, 0) is 6.54 Å². The van der Waals surface area contributed by atoms with Crippen LogP contribution in [0.2, 0.25) is 0 Å². The number of nitrogens with one attached hydrogen (secondary N) is 1. The fourth-order valence-electron chi connectivity index (χ4n) is 0.726. The molecular formula is C6H9N3O2. The van der Waals surface area contributed by atoms with Crippen molar-refractivity contribution < 1.29 is 9.32 Å². The summed E-state index contributed by atoms with van der Waals surface area (Å²) in [5.41, 5.74) is 6.16. The normalized spacial score (nSPS) is 9.64. The summed E-state index contributed by atoms with van der Waals surface area (Å²) >= 11 is 0. The van der Waals surface area contributed by atoms with Gasteiger partial charge in [0, 0.05) is 13.6 Å². The van der Waals surface area contributed by atoms with E-state index in [1.165, 1.54) is 13.3 Å². The van der Waals surface area contributed by atoms with Crippen LogP contribution in [0.25, 0.3) is 0 Å². The Morgan fingerprint density at radius 1 is 1.91 bits per heavy atom. The number of hydrogen-bond acceptors (Lipinski definition) is 4. The van der Waals surface area contributed by atoms with Gasteiger partial charge in [0.15, 0.2) is 0 Å². The average Bonchev–Trinajstić information content (AvgIpc) is 2.50. The van der Waals surface area contributed by atoms with Crippen LogP contribution in [0, 0.1) is 0 Å². The molecule has 5 heteroatoms. The topological polar surface area (TPSA) is 81.2 Å². The standard InChI is InChI=1S/C6H9N3O2/c1-8-6(10)4-3-11-9-5(4)2-7/h3H,2,7H2,1H3,(H,8,10). The predicted molar refractivity (Wildman–Crippen MR) is 37.8 cm³/mol. The Labute approximate surface area is 63.5 Å². The molecule has 1 heterocycles. The van der Waals surface area contributed by atoms with E-state index in [1.54, 1.807) is 0 Å². The molecule has 11 heavy (non-hydrogen) atoms. The van der Waals surface area contributed by atoms with E-state index in [0.717, 1.165) is 0 Å². The number of rotatable bonds is 2. The zero-order valence-corrected chi connectivity index (χ0v) is 6.13. The number of hydrogen-bond donors (Lipinski definition) is 2. The number of nitrogens with zero attached hydrogens (tertiary/aromatic N) is 1. The zero-order valence-electron chi connectivity index (χ0n) is 6.13. The Hall–Kier alpha value is -1.36. The minimum absolute atomic E-state index is 0.208. The quantitative estimate of drug-likeness (QED) is 0.602. The van der Waals surface area contributed by atoms with Gasteiger partial charge in [-0.3, -0.25) is 4.79 Å². The first-order chi connectivity index (χ1) is 5.29. The minimum Gasteiger partial charge on any atom is -0.364 e. The molecule has 0 saturated heterocycles. The van der Waals surface area contributed by atoms with Gasteiger partial charge < -0.3 is 15.6 Å². The number of carbonyl (C=O) groups is 1. The molecule has 0 aromatic carbocycles. The third kappa shape index (κ3) is 1.38. The van der Waals surface area contributed by atoms with E-state index in [-0.39, 0.29) is 12.5 Å². The van der Waals surface area contributed by atoms with Gasteiger partial charge in [0.25, 0.3) is 5.91 Å². The van der Waals surface area contributed by atoms with E-state index in [2.05, 4.69) is 15.0 Å². The van der Waals surface area contributed by atoms with E-state index in [9.17, 15) is 4.79 Å². The lowest BCUT2D eigenvalue weighted by Crippen LogP contribution is -2.19. The average molecular weight is 155 g/mol. The number of nitrogens with two attached hydrogens (primary N) is 1. The van der Waals surface area contributed by atoms with Gasteiger partial charge >= 0.3 is 0 Å². The van der Waals surface area contributed by atoms with Crippen LogP contribution in [0.1, 0.15) is 16.1 Å². The SMILES string of the molecule is CNC(=O)c1conc1CN. The van der Waals surface area contributed by atoms with Crippen LogP contribution in [0.15, 0.2) is 10.8 Å². The lowest BCUT2D eigenvalue weighted by Gasteiger charge is -1.94. The Bertz CT molecular complexity index is 256. The smallest absolute Gasteiger partial charge is 0.256 e. The van der Waals surface area contributed by atoms with Crippen molar-refractivity contribution >= 4 is 5.91 Å². The lowest BCUT2D eigenvalue weighted by molar-refractivity contribution is 0.0961. The molecule has 0 aliphatic rings. The van der Waals surface area contributed by atoms with Crippen molar-refractivity contribution in [1.29, 1.82) is 0 Å². The Morgan fingerprint density at radius 2 is 2.64 bits per heavy atom. The molecule has 1 aromatic rings. The van der Waals surface area contributed by atoms with E-state index in [4.69, 9.17) is 5.73 Å². The molecule has 0 fully saturated rings. The van der Waals surface area contributed by atoms with Gasteiger partial charge in [-0.2, -0.15) is 0 Å². The van der Waals surface area contributed by atoms with Crippen LogP contribution >= 0.6 is 0 Å². The van der Waals surface area contributed by atoms with E-state index in [1.807, 2.05) is 0 Å². The summed E-state index contributed by atoms with van der Waals surface area (Å²) in [4.78, 5) is 11.0. The second kappa shape index (κ2) is 3.16. The van der Waals surface area contributed by atoms with E-state index in [0.29, 0.717) is 11.3 Å². The number of amides is 1. The second-order valence-corrected chi connectivity index (χ2v) is 1.96. The summed E-state index contributed by atoms with van der Waals surface area (Å²) in [5, 5.41) is 5.99. The number of carbonyl (C=O) groups excluding carboxylic acids is 1. The van der Waals surface area contributed by atoms with Gasteiger partial charge in [0.2, 0.25) is 0 Å². The van der Waals surface area contributed by atoms with Crippen molar-refractivity contribution in [1.82, 2.24) is 10.5 Å². The second-order valence-electron chi connectivity index (χ2n) is 1.96. The Kier molecular flexibility index (Phi) is 2.22. The molecule has 0 spiro atoms. The van der Waals surface area contributed by atoms with Gasteiger partial charge in [-0.1, -0.05) is 5.16 Å². The van der Waals surface area contributed by atoms with Gasteiger partial charge in [-0.05, 0) is 0 Å². The molecule has 0 aliphatic carbocycles. The van der Waals surface area contributed by atoms with Gasteiger partial charge in [-0.15, -0.1) is 0 Å². The summed E-state index contributed by atoms with van der Waals surface area (Å²) in [5.74, 6) is -0.230. The first kappa shape index (κ1) is 7.74. The molecule has 3 N–H and O–H groups in total. The summed E-state index contributed by atoms with van der Waals surface area (Å²) in [6.45, 7) is 0.208. The summed E-state index contributed by atoms with van der Waals surface area (Å²) in [6.07, 6.45) is 1.28. The lowest BCUT2D eigenvalue weighted by atomic mass is 10.2. The molecular weight excluding hydrogens is 146 g/mol. The highest BCUT2D eigenvalue weighted by atomic mass is 16.5. The molecule has 0 atom stereocenters. The van der Waals surface area contributed by atoms with Crippen molar-refractivity contribution in [3.63, 3.8) is 0 Å². The third-order valence-electron chi connectivity index (χ3n) is 1.31. The van der Waals surface area contributed by atoms with Crippen molar-refractivity contribution in [2.45, 2.75) is 6.54 Å². The van der Waals surface area contributed by atoms with Gasteiger partial charge in [0.05, 0.1) is 0 Å². The van der Waals surface area contributed by atoms with Crippen molar-refractivity contribution in [2.75, 3.05) is 7.05 Å². The zero-order chi connectivity index (χ0) is 8.27. The summed E-state index contributed by atoms with van der Waals surface area (Å²) in [7, 11) is 1.54. The maximum atomic E-state index is 11.0. The minimum atomic E-state index is -0.230. The summed E-state index contributed by atoms with van der Waals surface area (Å²) < 4.78 is 4.57. The molecule has 0 saturated carbocycles. The fraction of sp³-hybridized carbons (Fsp3) is 0.333. The third-order valence-corrected chi connectivity index (χ3v) is 1.31. The highest BCUT2D eigenvalue weighted by molar-refractivity contribution is 5.94. The van der Waals surface area contributed by atoms with Crippen molar-refractivity contribution in [2.24, 2.45) is 5.73 Å². The van der Waals surface area contributed by atoms with Gasteiger partial charge in [-0.25, -0.2) is 0 Å². The van der Waals surface area contributed by atoms with Crippen LogP contribution in [0.5, 0.6) is 0 Å². The van der Waals surface area contributed by atoms with Gasteiger partial charge in [0.1, 0.15) is 17.5 Å². The van der Waals surface area contributed by atoms with E-state index < -0.39 is 0 Å². The largest absolute Gasteiger partial charge is 0.364 e. The molecule has 0 radical (unpaired) electrons. The van der Waals surface area contributed by atoms with Crippen LogP contribution in [-0.4, -0.2) is 18.1 Å². The summed E-state index contributed by atoms with van der Waals surface area (Å²) in [6, 6.07) is 0. The monoisotopic (exact) mass is 155 g/mol. The van der Waals surface area contributed by atoms with E-state index >= 15 is 0 Å². The maximum absolute atomic E-state index is 11.0. The number of aromatic nitrogens is 1. The Morgan fingerprint density at radius 3 is 3.18 bits per heavy atom. The molecule has 0 bridgehead atoms. The fourth-order valence-corrected chi connectivity index (χ4v) is 0.726. The highest BCUT2D eigenvalue weighted by Crippen LogP contribution is 2.04. The van der Waals surface area contributed by atoms with Crippen molar-refractivity contribution in [3.8, 4) is 0 Å². The van der Waals surface area contributed by atoms with Crippen LogP contribution in [0.4, 0.5) is 0 Å². The molecule has 0 aliphatic heterocycles. The molecule has 1 aromatic heterocycles. The molecule has 1 rings (SSSR count). The first-order valence-corrected chi connectivity index (χ1v) is 3.15. The molecule has 5 nitrogen and oxygen atoms in total. The maximum Gasteiger partial charge on any atom is 0.256 e. The van der Waals surface area contributed by atoms with Crippen molar-refractivity contribution in [3.05, 3.63) is 17.5 Å². The first-order valence-electron chi connectivity index (χ1n) is 3.15. The van der Waals surface area contributed by atoms with Crippen LogP contribution in [0.3, 0.4) is 0 Å². The van der Waals surface area contributed by atoms with Crippen LogP contribution < -0.4 is 11.1 Å². The molecule has 1 amide bonds. The molecule has 60 valence electrons.